The second-order valence-corrected chi connectivity index (χ2v) is 7.72. The number of nitrogens with one attached hydrogen (secondary N) is 3. The highest BCUT2D eigenvalue weighted by molar-refractivity contribution is 5.98. The molecule has 0 bridgehead atoms. The molecule has 1 aliphatic rings. The van der Waals surface area contributed by atoms with Crippen LogP contribution in [0.4, 0.5) is 17.3 Å². The van der Waals surface area contributed by atoms with E-state index in [1.54, 1.807) is 12.4 Å². The molecule has 3 aromatic heterocycles. The van der Waals surface area contributed by atoms with Gasteiger partial charge in [-0.05, 0) is 43.2 Å². The Morgan fingerprint density at radius 3 is 2.93 bits per heavy atom. The first-order valence-electron chi connectivity index (χ1n) is 10.2. The number of aromatic amines is 1. The molecule has 0 unspecified atom stereocenters. The predicted octanol–water partition coefficient (Wildman–Crippen LogP) is 3.29. The molecule has 0 spiro atoms. The van der Waals surface area contributed by atoms with Crippen molar-refractivity contribution in [2.24, 2.45) is 5.73 Å². The molecule has 1 aliphatic carbocycles. The monoisotopic (exact) mass is 401 g/mol. The van der Waals surface area contributed by atoms with Crippen molar-refractivity contribution in [1.29, 1.82) is 0 Å². The van der Waals surface area contributed by atoms with Gasteiger partial charge >= 0.3 is 0 Å². The second kappa shape index (κ2) is 7.72. The zero-order valence-electron chi connectivity index (χ0n) is 16.4. The van der Waals surface area contributed by atoms with Gasteiger partial charge in [0.25, 0.3) is 5.56 Å². The van der Waals surface area contributed by atoms with Gasteiger partial charge in [-0.15, -0.1) is 0 Å². The van der Waals surface area contributed by atoms with E-state index >= 15 is 0 Å². The Kier molecular flexibility index (Phi) is 4.76. The van der Waals surface area contributed by atoms with Crippen molar-refractivity contribution < 1.29 is 0 Å². The standard InChI is InChI=1S/C22H23N7O/c23-15-6-1-2-7-18(15)26-19-11-13-12-25-29-22(30)20(13)21(28-19)27-17-9-3-8-16-14(17)5-4-10-24-16/h3-5,8-12,15,18H,1-2,6-7,23H2,(H,29,30)(H2,26,27,28)/t15-,18+/m0/s1. The number of pyridine rings is 2. The Balaban J connectivity index is 1.60. The molecule has 30 heavy (non-hydrogen) atoms. The maximum atomic E-state index is 12.6. The van der Waals surface area contributed by atoms with Crippen LogP contribution in [0.25, 0.3) is 21.7 Å². The molecule has 1 fully saturated rings. The molecular formula is C22H23N7O. The number of benzene rings is 1. The topological polar surface area (TPSA) is 122 Å². The summed E-state index contributed by atoms with van der Waals surface area (Å²) in [6.45, 7) is 0. The minimum Gasteiger partial charge on any atom is -0.366 e. The van der Waals surface area contributed by atoms with E-state index in [1.807, 2.05) is 36.4 Å². The summed E-state index contributed by atoms with van der Waals surface area (Å²) in [6, 6.07) is 11.8. The van der Waals surface area contributed by atoms with Crippen LogP contribution in [0.5, 0.6) is 0 Å². The molecule has 0 amide bonds. The molecule has 5 rings (SSSR count). The smallest absolute Gasteiger partial charge is 0.275 e. The van der Waals surface area contributed by atoms with Crippen LogP contribution in [0, 0.1) is 0 Å². The number of hydrogen-bond acceptors (Lipinski definition) is 7. The van der Waals surface area contributed by atoms with Crippen LogP contribution in [0.2, 0.25) is 0 Å². The average molecular weight is 401 g/mol. The predicted molar refractivity (Wildman–Crippen MR) is 119 cm³/mol. The number of anilines is 3. The van der Waals surface area contributed by atoms with E-state index in [1.165, 1.54) is 0 Å². The van der Waals surface area contributed by atoms with Crippen LogP contribution < -0.4 is 21.9 Å². The van der Waals surface area contributed by atoms with Crippen LogP contribution >= 0.6 is 0 Å². The van der Waals surface area contributed by atoms with E-state index in [4.69, 9.17) is 10.7 Å². The zero-order chi connectivity index (χ0) is 20.5. The van der Waals surface area contributed by atoms with E-state index in [9.17, 15) is 4.79 Å². The third-order valence-electron chi connectivity index (χ3n) is 5.70. The van der Waals surface area contributed by atoms with Crippen LogP contribution in [0.1, 0.15) is 25.7 Å². The minimum atomic E-state index is -0.290. The Hall–Kier alpha value is -3.52. The Morgan fingerprint density at radius 1 is 1.13 bits per heavy atom. The first-order chi connectivity index (χ1) is 14.7. The van der Waals surface area contributed by atoms with Crippen LogP contribution in [0.15, 0.2) is 53.6 Å². The van der Waals surface area contributed by atoms with E-state index in [-0.39, 0.29) is 17.6 Å². The van der Waals surface area contributed by atoms with Gasteiger partial charge in [-0.1, -0.05) is 18.9 Å². The summed E-state index contributed by atoms with van der Waals surface area (Å²) in [5, 5.41) is 15.4. The minimum absolute atomic E-state index is 0.0918. The average Bonchev–Trinajstić information content (AvgIpc) is 2.76. The Bertz CT molecular complexity index is 1260. The van der Waals surface area contributed by atoms with Gasteiger partial charge in [0.05, 0.1) is 17.1 Å². The van der Waals surface area contributed by atoms with E-state index in [0.717, 1.165) is 42.3 Å². The number of fused-ring (bicyclic) bond motifs is 2. The number of nitrogens with zero attached hydrogens (tertiary/aromatic N) is 3. The fourth-order valence-electron chi connectivity index (χ4n) is 4.15. The van der Waals surface area contributed by atoms with Gasteiger partial charge < -0.3 is 16.4 Å². The summed E-state index contributed by atoms with van der Waals surface area (Å²) in [5.41, 5.74) is 7.71. The van der Waals surface area contributed by atoms with Gasteiger partial charge in [0.2, 0.25) is 0 Å². The Labute approximate surface area is 172 Å². The van der Waals surface area contributed by atoms with Crippen LogP contribution in [0.3, 0.4) is 0 Å². The van der Waals surface area contributed by atoms with Gasteiger partial charge in [0.15, 0.2) is 0 Å². The first-order valence-corrected chi connectivity index (χ1v) is 10.2. The number of H-pyrrole nitrogens is 1. The van der Waals surface area contributed by atoms with Crippen molar-refractivity contribution in [3.8, 4) is 0 Å². The van der Waals surface area contributed by atoms with Gasteiger partial charge in [0, 0.05) is 34.7 Å². The fourth-order valence-corrected chi connectivity index (χ4v) is 4.15. The molecule has 0 aliphatic heterocycles. The fraction of sp³-hybridized carbons (Fsp3) is 0.273. The highest BCUT2D eigenvalue weighted by Crippen LogP contribution is 2.29. The number of rotatable bonds is 4. The summed E-state index contributed by atoms with van der Waals surface area (Å²) < 4.78 is 0. The second-order valence-electron chi connectivity index (χ2n) is 7.72. The summed E-state index contributed by atoms with van der Waals surface area (Å²) in [5.74, 6) is 1.15. The van der Waals surface area contributed by atoms with Crippen molar-refractivity contribution in [3.63, 3.8) is 0 Å². The maximum Gasteiger partial charge on any atom is 0.275 e. The van der Waals surface area contributed by atoms with Gasteiger partial charge in [0.1, 0.15) is 11.6 Å². The van der Waals surface area contributed by atoms with E-state index in [2.05, 4.69) is 25.8 Å². The molecule has 3 heterocycles. The molecule has 1 saturated carbocycles. The molecule has 4 aromatic rings. The summed E-state index contributed by atoms with van der Waals surface area (Å²) in [6.07, 6.45) is 7.71. The molecular weight excluding hydrogens is 378 g/mol. The molecule has 8 heteroatoms. The molecule has 0 radical (unpaired) electrons. The van der Waals surface area contributed by atoms with Crippen LogP contribution in [-0.2, 0) is 0 Å². The third-order valence-corrected chi connectivity index (χ3v) is 5.70. The van der Waals surface area contributed by atoms with Crippen molar-refractivity contribution in [2.45, 2.75) is 37.8 Å². The SMILES string of the molecule is N[C@H]1CCCC[C@H]1Nc1cc2cn[nH]c(=O)c2c(Nc2cccc3ncccc23)n1. The van der Waals surface area contributed by atoms with Gasteiger partial charge in [-0.3, -0.25) is 9.78 Å². The lowest BCUT2D eigenvalue weighted by atomic mass is 9.91. The van der Waals surface area contributed by atoms with Gasteiger partial charge in [-0.2, -0.15) is 5.10 Å². The molecule has 0 saturated heterocycles. The zero-order valence-corrected chi connectivity index (χ0v) is 16.4. The quantitative estimate of drug-likeness (QED) is 0.414. The van der Waals surface area contributed by atoms with Crippen molar-refractivity contribution in [1.82, 2.24) is 20.2 Å². The Morgan fingerprint density at radius 2 is 2.03 bits per heavy atom. The molecule has 2 atom stereocenters. The van der Waals surface area contributed by atoms with Gasteiger partial charge in [-0.25, -0.2) is 10.1 Å². The summed E-state index contributed by atoms with van der Waals surface area (Å²) in [7, 11) is 0. The lowest BCUT2D eigenvalue weighted by molar-refractivity contribution is 0.403. The van der Waals surface area contributed by atoms with Crippen molar-refractivity contribution in [3.05, 3.63) is 59.1 Å². The van der Waals surface area contributed by atoms with Crippen LogP contribution in [-0.4, -0.2) is 32.2 Å². The third kappa shape index (κ3) is 3.46. The largest absolute Gasteiger partial charge is 0.366 e. The highest BCUT2D eigenvalue weighted by atomic mass is 16.1. The number of hydrogen-bond donors (Lipinski definition) is 4. The molecule has 1 aromatic carbocycles. The van der Waals surface area contributed by atoms with E-state index < -0.39 is 0 Å². The van der Waals surface area contributed by atoms with Crippen molar-refractivity contribution >= 4 is 39.0 Å². The summed E-state index contributed by atoms with van der Waals surface area (Å²) >= 11 is 0. The molecule has 152 valence electrons. The first kappa shape index (κ1) is 18.5. The summed E-state index contributed by atoms with van der Waals surface area (Å²) in [4.78, 5) is 21.7. The lowest BCUT2D eigenvalue weighted by Crippen LogP contribution is -2.42. The number of aromatic nitrogens is 4. The molecule has 5 N–H and O–H groups in total. The van der Waals surface area contributed by atoms with Crippen molar-refractivity contribution in [2.75, 3.05) is 10.6 Å². The highest BCUT2D eigenvalue weighted by Gasteiger charge is 2.22. The molecule has 8 nitrogen and oxygen atoms in total. The van der Waals surface area contributed by atoms with E-state index in [0.29, 0.717) is 22.4 Å². The number of nitrogens with two attached hydrogens (primary N) is 1. The lowest BCUT2D eigenvalue weighted by Gasteiger charge is -2.30. The maximum absolute atomic E-state index is 12.6. The normalized spacial score (nSPS) is 19.1.